The van der Waals surface area contributed by atoms with E-state index in [4.69, 9.17) is 4.74 Å². The van der Waals surface area contributed by atoms with Crippen LogP contribution in [-0.4, -0.2) is 29.8 Å². The largest absolute Gasteiger partial charge is 0.484 e. The van der Waals surface area contributed by atoms with E-state index in [-0.39, 0.29) is 19.1 Å². The number of hydrogen-bond donors (Lipinski definition) is 2. The highest BCUT2D eigenvalue weighted by Gasteiger charge is 2.13. The molecule has 0 spiro atoms. The molecule has 0 atom stereocenters. The molecule has 0 aliphatic heterocycles. The zero-order valence-corrected chi connectivity index (χ0v) is 11.2. The summed E-state index contributed by atoms with van der Waals surface area (Å²) in [6.07, 6.45) is 0.979. The molecule has 0 heterocycles. The summed E-state index contributed by atoms with van der Waals surface area (Å²) in [7, 11) is 0. The van der Waals surface area contributed by atoms with Crippen molar-refractivity contribution in [3.8, 4) is 5.75 Å². The van der Waals surface area contributed by atoms with Gasteiger partial charge in [0.2, 0.25) is 0 Å². The minimum Gasteiger partial charge on any atom is -0.484 e. The molecule has 1 aromatic carbocycles. The second-order valence-corrected chi connectivity index (χ2v) is 4.88. The summed E-state index contributed by atoms with van der Waals surface area (Å²) in [6, 6.07) is 7.65. The molecule has 1 amide bonds. The minimum absolute atomic E-state index is 0.0401. The molecule has 4 nitrogen and oxygen atoms in total. The summed E-state index contributed by atoms with van der Waals surface area (Å²) in [4.78, 5) is 11.4. The molecule has 4 heteroatoms. The van der Waals surface area contributed by atoms with Crippen LogP contribution in [0.5, 0.6) is 5.75 Å². The van der Waals surface area contributed by atoms with Gasteiger partial charge in [0.1, 0.15) is 5.75 Å². The summed E-state index contributed by atoms with van der Waals surface area (Å²) in [5, 5.41) is 12.1. The Morgan fingerprint density at radius 2 is 1.94 bits per heavy atom. The standard InChI is InChI=1S/C14H21NO3/c1-4-11-5-7-12(8-6-11)18-9-13(16)15-10-14(2,3)17/h5-8,17H,4,9-10H2,1-3H3,(H,15,16). The number of ether oxygens (including phenoxy) is 1. The van der Waals surface area contributed by atoms with Crippen molar-refractivity contribution in [2.24, 2.45) is 0 Å². The fourth-order valence-electron chi connectivity index (χ4n) is 1.34. The zero-order valence-electron chi connectivity index (χ0n) is 11.2. The van der Waals surface area contributed by atoms with Crippen LogP contribution >= 0.6 is 0 Å². The van der Waals surface area contributed by atoms with Crippen LogP contribution in [0.4, 0.5) is 0 Å². The van der Waals surface area contributed by atoms with E-state index in [1.54, 1.807) is 13.8 Å². The predicted octanol–water partition coefficient (Wildman–Crippen LogP) is 1.51. The van der Waals surface area contributed by atoms with Crippen molar-refractivity contribution in [2.45, 2.75) is 32.8 Å². The van der Waals surface area contributed by atoms with E-state index in [2.05, 4.69) is 12.2 Å². The van der Waals surface area contributed by atoms with Crippen molar-refractivity contribution in [1.29, 1.82) is 0 Å². The van der Waals surface area contributed by atoms with Crippen LogP contribution in [0.2, 0.25) is 0 Å². The van der Waals surface area contributed by atoms with Gasteiger partial charge < -0.3 is 15.2 Å². The maximum absolute atomic E-state index is 11.4. The number of carbonyl (C=O) groups excluding carboxylic acids is 1. The highest BCUT2D eigenvalue weighted by Crippen LogP contribution is 2.12. The van der Waals surface area contributed by atoms with Gasteiger partial charge in [-0.1, -0.05) is 19.1 Å². The van der Waals surface area contributed by atoms with Gasteiger partial charge in [0, 0.05) is 6.54 Å². The fourth-order valence-corrected chi connectivity index (χ4v) is 1.34. The van der Waals surface area contributed by atoms with Gasteiger partial charge >= 0.3 is 0 Å². The number of aryl methyl sites for hydroxylation is 1. The number of carbonyl (C=O) groups is 1. The molecule has 0 radical (unpaired) electrons. The van der Waals surface area contributed by atoms with Gasteiger partial charge in [0.05, 0.1) is 5.60 Å². The van der Waals surface area contributed by atoms with Crippen molar-refractivity contribution in [3.63, 3.8) is 0 Å². The van der Waals surface area contributed by atoms with Crippen molar-refractivity contribution in [1.82, 2.24) is 5.32 Å². The number of aliphatic hydroxyl groups is 1. The molecule has 0 aliphatic carbocycles. The molecule has 100 valence electrons. The Bertz CT molecular complexity index is 379. The normalized spacial score (nSPS) is 11.1. The Hall–Kier alpha value is -1.55. The number of amides is 1. The summed E-state index contributed by atoms with van der Waals surface area (Å²) in [5.41, 5.74) is 0.326. The summed E-state index contributed by atoms with van der Waals surface area (Å²) in [5.74, 6) is 0.433. The molecule has 18 heavy (non-hydrogen) atoms. The summed E-state index contributed by atoms with van der Waals surface area (Å²) >= 11 is 0. The summed E-state index contributed by atoms with van der Waals surface area (Å²) in [6.45, 7) is 5.53. The van der Waals surface area contributed by atoms with Gasteiger partial charge in [-0.25, -0.2) is 0 Å². The number of rotatable bonds is 6. The Labute approximate surface area is 108 Å². The average Bonchev–Trinajstić information content (AvgIpc) is 2.33. The first-order valence-electron chi connectivity index (χ1n) is 6.11. The van der Waals surface area contributed by atoms with E-state index in [9.17, 15) is 9.90 Å². The van der Waals surface area contributed by atoms with Gasteiger partial charge in [0.25, 0.3) is 5.91 Å². The fraction of sp³-hybridized carbons (Fsp3) is 0.500. The van der Waals surface area contributed by atoms with Gasteiger partial charge in [-0.15, -0.1) is 0 Å². The molecule has 0 unspecified atom stereocenters. The SMILES string of the molecule is CCc1ccc(OCC(=O)NCC(C)(C)O)cc1. The molecule has 0 bridgehead atoms. The van der Waals surface area contributed by atoms with Gasteiger partial charge in [-0.3, -0.25) is 4.79 Å². The zero-order chi connectivity index (χ0) is 13.6. The molecular formula is C14H21NO3. The lowest BCUT2D eigenvalue weighted by Gasteiger charge is -2.17. The smallest absolute Gasteiger partial charge is 0.258 e. The lowest BCUT2D eigenvalue weighted by Crippen LogP contribution is -2.40. The Kier molecular flexibility index (Phi) is 5.16. The monoisotopic (exact) mass is 251 g/mol. The molecule has 2 N–H and O–H groups in total. The van der Waals surface area contributed by atoms with E-state index in [0.29, 0.717) is 5.75 Å². The molecule has 1 rings (SSSR count). The highest BCUT2D eigenvalue weighted by atomic mass is 16.5. The first-order chi connectivity index (χ1) is 8.40. The Balaban J connectivity index is 2.33. The van der Waals surface area contributed by atoms with Crippen LogP contribution in [0, 0.1) is 0 Å². The molecule has 0 aliphatic rings. The van der Waals surface area contributed by atoms with Crippen LogP contribution in [0.3, 0.4) is 0 Å². The first kappa shape index (κ1) is 14.5. The highest BCUT2D eigenvalue weighted by molar-refractivity contribution is 5.77. The third kappa shape index (κ3) is 5.68. The molecular weight excluding hydrogens is 230 g/mol. The Morgan fingerprint density at radius 3 is 2.44 bits per heavy atom. The molecule has 0 fully saturated rings. The third-order valence-corrected chi connectivity index (χ3v) is 2.42. The van der Waals surface area contributed by atoms with Gasteiger partial charge in [0.15, 0.2) is 6.61 Å². The van der Waals surface area contributed by atoms with E-state index < -0.39 is 5.60 Å². The van der Waals surface area contributed by atoms with Crippen LogP contribution in [0.25, 0.3) is 0 Å². The van der Waals surface area contributed by atoms with E-state index in [1.165, 1.54) is 5.56 Å². The van der Waals surface area contributed by atoms with E-state index in [1.807, 2.05) is 24.3 Å². The minimum atomic E-state index is -0.904. The van der Waals surface area contributed by atoms with E-state index >= 15 is 0 Å². The first-order valence-corrected chi connectivity index (χ1v) is 6.11. The second kappa shape index (κ2) is 6.40. The summed E-state index contributed by atoms with van der Waals surface area (Å²) < 4.78 is 5.34. The maximum atomic E-state index is 11.4. The Morgan fingerprint density at radius 1 is 1.33 bits per heavy atom. The van der Waals surface area contributed by atoms with Gasteiger partial charge in [-0.05, 0) is 38.0 Å². The molecule has 1 aromatic rings. The van der Waals surface area contributed by atoms with Crippen molar-refractivity contribution >= 4 is 5.91 Å². The van der Waals surface area contributed by atoms with Crippen LogP contribution in [0.1, 0.15) is 26.3 Å². The lowest BCUT2D eigenvalue weighted by atomic mass is 10.1. The maximum Gasteiger partial charge on any atom is 0.258 e. The predicted molar refractivity (Wildman–Crippen MR) is 70.6 cm³/mol. The van der Waals surface area contributed by atoms with Crippen LogP contribution < -0.4 is 10.1 Å². The van der Waals surface area contributed by atoms with Gasteiger partial charge in [-0.2, -0.15) is 0 Å². The molecule has 0 aromatic heterocycles. The van der Waals surface area contributed by atoms with Crippen molar-refractivity contribution < 1.29 is 14.6 Å². The number of benzene rings is 1. The second-order valence-electron chi connectivity index (χ2n) is 4.88. The van der Waals surface area contributed by atoms with Crippen LogP contribution in [0.15, 0.2) is 24.3 Å². The number of hydrogen-bond acceptors (Lipinski definition) is 3. The lowest BCUT2D eigenvalue weighted by molar-refractivity contribution is -0.124. The van der Waals surface area contributed by atoms with Crippen LogP contribution in [-0.2, 0) is 11.2 Å². The number of nitrogens with one attached hydrogen (secondary N) is 1. The van der Waals surface area contributed by atoms with Crippen molar-refractivity contribution in [3.05, 3.63) is 29.8 Å². The quantitative estimate of drug-likeness (QED) is 0.806. The van der Waals surface area contributed by atoms with Crippen molar-refractivity contribution in [2.75, 3.05) is 13.2 Å². The molecule has 0 saturated heterocycles. The van der Waals surface area contributed by atoms with E-state index in [0.717, 1.165) is 6.42 Å². The third-order valence-electron chi connectivity index (χ3n) is 2.42. The average molecular weight is 251 g/mol. The molecule has 0 saturated carbocycles. The topological polar surface area (TPSA) is 58.6 Å².